The summed E-state index contributed by atoms with van der Waals surface area (Å²) in [5.74, 6) is 0. The molecule has 0 fully saturated rings. The third-order valence-electron chi connectivity index (χ3n) is 0.350. The van der Waals surface area contributed by atoms with Gasteiger partial charge in [-0.25, -0.2) is 0 Å². The standard InChI is InChI=1S/CH2N4S/c6-1-2-4-5-3-1/h1,6H. The van der Waals surface area contributed by atoms with E-state index in [1.807, 2.05) is 0 Å². The van der Waals surface area contributed by atoms with E-state index >= 15 is 0 Å². The molecule has 0 unspecified atom stereocenters. The number of hydrogen-bond acceptors (Lipinski definition) is 5. The minimum atomic E-state index is -0.343. The van der Waals surface area contributed by atoms with Crippen LogP contribution in [0.3, 0.4) is 0 Å². The first-order valence-electron chi connectivity index (χ1n) is 1.37. The topological polar surface area (TPSA) is 49.4 Å². The molecule has 1 rings (SSSR count). The van der Waals surface area contributed by atoms with E-state index in [2.05, 4.69) is 33.3 Å². The molecule has 6 heavy (non-hydrogen) atoms. The maximum absolute atomic E-state index is 3.77. The lowest BCUT2D eigenvalue weighted by Crippen LogP contribution is -1.75. The smallest absolute Gasteiger partial charge is 0.127 e. The predicted octanol–water partition coefficient (Wildman–Crippen LogP) is 1.03. The molecule has 0 atom stereocenters. The third kappa shape index (κ3) is 0.538. The number of thiol groups is 1. The first-order chi connectivity index (χ1) is 2.89. The average Bonchev–Trinajstić information content (AvgIpc) is 1.86. The Kier molecular flexibility index (Phi) is 0.831. The average molecular weight is 102 g/mol. The van der Waals surface area contributed by atoms with Gasteiger partial charge in [0.25, 0.3) is 0 Å². The molecule has 0 N–H and O–H groups in total. The highest BCUT2D eigenvalue weighted by molar-refractivity contribution is 7.80. The van der Waals surface area contributed by atoms with Gasteiger partial charge in [0.1, 0.15) is 0 Å². The van der Waals surface area contributed by atoms with Crippen LogP contribution in [0, 0.1) is 0 Å². The SMILES string of the molecule is SC1N=NN=N1. The normalized spacial score (nSPS) is 20.2. The Bertz CT molecular complexity index is 83.7. The number of hydrogen-bond donors (Lipinski definition) is 1. The fourth-order valence-electron chi connectivity index (χ4n) is 0.162. The highest BCUT2D eigenvalue weighted by atomic mass is 32.1. The molecule has 0 amide bonds. The quantitative estimate of drug-likeness (QED) is 0.444. The second kappa shape index (κ2) is 1.34. The highest BCUT2D eigenvalue weighted by Gasteiger charge is 1.97. The van der Waals surface area contributed by atoms with Crippen molar-refractivity contribution in [3.05, 3.63) is 0 Å². The fraction of sp³-hybridized carbons (Fsp3) is 1.00. The molecule has 4 nitrogen and oxygen atoms in total. The molecule has 5 heteroatoms. The first-order valence-corrected chi connectivity index (χ1v) is 1.89. The van der Waals surface area contributed by atoms with E-state index < -0.39 is 0 Å². The van der Waals surface area contributed by atoms with E-state index in [1.165, 1.54) is 0 Å². The maximum atomic E-state index is 3.77. The van der Waals surface area contributed by atoms with Gasteiger partial charge in [-0.15, -0.1) is 22.9 Å². The second-order valence-electron chi connectivity index (χ2n) is 0.756. The Morgan fingerprint density at radius 2 is 1.67 bits per heavy atom. The summed E-state index contributed by atoms with van der Waals surface area (Å²) < 4.78 is 0. The summed E-state index contributed by atoms with van der Waals surface area (Å²) in [4.78, 5) is 0. The van der Waals surface area contributed by atoms with Crippen LogP contribution in [0.1, 0.15) is 0 Å². The number of nitrogens with zero attached hydrogens (tertiary/aromatic N) is 4. The molecule has 0 radical (unpaired) electrons. The van der Waals surface area contributed by atoms with Gasteiger partial charge in [0, 0.05) is 0 Å². The Labute approximate surface area is 39.8 Å². The zero-order valence-electron chi connectivity index (χ0n) is 2.81. The monoisotopic (exact) mass is 102 g/mol. The molecule has 0 saturated carbocycles. The van der Waals surface area contributed by atoms with Gasteiger partial charge in [0.2, 0.25) is 5.50 Å². The van der Waals surface area contributed by atoms with Gasteiger partial charge in [0.05, 0.1) is 0 Å². The van der Waals surface area contributed by atoms with Gasteiger partial charge in [0.15, 0.2) is 0 Å². The molecule has 0 aromatic rings. The molecule has 0 aromatic carbocycles. The largest absolute Gasteiger partial charge is 0.228 e. The molecule has 1 aliphatic heterocycles. The zero-order chi connectivity index (χ0) is 4.41. The van der Waals surface area contributed by atoms with Crippen molar-refractivity contribution in [1.29, 1.82) is 0 Å². The van der Waals surface area contributed by atoms with Crippen LogP contribution in [0.5, 0.6) is 0 Å². The molecule has 0 aliphatic carbocycles. The van der Waals surface area contributed by atoms with Crippen LogP contribution in [0.4, 0.5) is 0 Å². The van der Waals surface area contributed by atoms with E-state index in [4.69, 9.17) is 0 Å². The number of rotatable bonds is 0. The van der Waals surface area contributed by atoms with Crippen LogP contribution < -0.4 is 0 Å². The minimum absolute atomic E-state index is 0.343. The lowest BCUT2D eigenvalue weighted by molar-refractivity contribution is 0.977. The van der Waals surface area contributed by atoms with E-state index in [9.17, 15) is 0 Å². The molecule has 0 spiro atoms. The van der Waals surface area contributed by atoms with E-state index in [-0.39, 0.29) is 5.50 Å². The summed E-state index contributed by atoms with van der Waals surface area (Å²) in [6.07, 6.45) is 0. The van der Waals surface area contributed by atoms with E-state index in [1.54, 1.807) is 0 Å². The molecule has 32 valence electrons. The van der Waals surface area contributed by atoms with Crippen molar-refractivity contribution < 1.29 is 0 Å². The van der Waals surface area contributed by atoms with Crippen LogP contribution in [-0.4, -0.2) is 5.50 Å². The highest BCUT2D eigenvalue weighted by Crippen LogP contribution is 2.06. The Morgan fingerprint density at radius 1 is 1.17 bits per heavy atom. The van der Waals surface area contributed by atoms with Crippen LogP contribution in [0.25, 0.3) is 0 Å². The van der Waals surface area contributed by atoms with Crippen molar-refractivity contribution >= 4 is 12.6 Å². The fourth-order valence-corrected chi connectivity index (χ4v) is 0.254. The first kappa shape index (κ1) is 3.73. The summed E-state index contributed by atoms with van der Waals surface area (Å²) in [6, 6.07) is 0. The predicted molar refractivity (Wildman–Crippen MR) is 22.5 cm³/mol. The molecular formula is CH2N4S. The molecule has 0 bridgehead atoms. The lowest BCUT2D eigenvalue weighted by atomic mass is 11.2. The Balaban J connectivity index is 2.60. The van der Waals surface area contributed by atoms with Crippen molar-refractivity contribution in [3.8, 4) is 0 Å². The third-order valence-corrected chi connectivity index (χ3v) is 0.556. The van der Waals surface area contributed by atoms with Crippen molar-refractivity contribution in [2.45, 2.75) is 5.50 Å². The zero-order valence-corrected chi connectivity index (χ0v) is 3.71. The van der Waals surface area contributed by atoms with Crippen LogP contribution in [-0.2, 0) is 0 Å². The van der Waals surface area contributed by atoms with Gasteiger partial charge in [-0.3, -0.25) is 0 Å². The summed E-state index contributed by atoms with van der Waals surface area (Å²) in [5.41, 5.74) is -0.343. The van der Waals surface area contributed by atoms with Gasteiger partial charge in [-0.1, -0.05) is 0 Å². The van der Waals surface area contributed by atoms with Gasteiger partial charge < -0.3 is 0 Å². The van der Waals surface area contributed by atoms with Gasteiger partial charge in [-0.2, -0.15) is 0 Å². The van der Waals surface area contributed by atoms with Crippen LogP contribution in [0.15, 0.2) is 20.7 Å². The summed E-state index contributed by atoms with van der Waals surface area (Å²) >= 11 is 3.77. The lowest BCUT2D eigenvalue weighted by Gasteiger charge is -1.76. The van der Waals surface area contributed by atoms with Crippen LogP contribution in [0.2, 0.25) is 0 Å². The van der Waals surface area contributed by atoms with Crippen LogP contribution >= 0.6 is 12.6 Å². The molecule has 1 aliphatic rings. The Hall–Kier alpha value is -0.450. The second-order valence-corrected chi connectivity index (χ2v) is 1.22. The van der Waals surface area contributed by atoms with Crippen molar-refractivity contribution in [2.24, 2.45) is 20.7 Å². The minimum Gasteiger partial charge on any atom is -0.127 e. The Morgan fingerprint density at radius 3 is 1.83 bits per heavy atom. The summed E-state index contributed by atoms with van der Waals surface area (Å²) in [7, 11) is 0. The maximum Gasteiger partial charge on any atom is 0.228 e. The summed E-state index contributed by atoms with van der Waals surface area (Å²) in [5, 5.41) is 13.1. The van der Waals surface area contributed by atoms with Gasteiger partial charge >= 0.3 is 0 Å². The molecule has 0 saturated heterocycles. The van der Waals surface area contributed by atoms with Gasteiger partial charge in [-0.05, 0) is 10.4 Å². The van der Waals surface area contributed by atoms with Crippen molar-refractivity contribution in [1.82, 2.24) is 0 Å². The van der Waals surface area contributed by atoms with Crippen molar-refractivity contribution in [3.63, 3.8) is 0 Å². The molecule has 0 aromatic heterocycles. The molecule has 1 heterocycles. The van der Waals surface area contributed by atoms with Crippen molar-refractivity contribution in [2.75, 3.05) is 0 Å². The van der Waals surface area contributed by atoms with E-state index in [0.717, 1.165) is 0 Å². The van der Waals surface area contributed by atoms with E-state index in [0.29, 0.717) is 0 Å². The molecular weight excluding hydrogens is 100 g/mol. The summed E-state index contributed by atoms with van der Waals surface area (Å²) in [6.45, 7) is 0.